The molecule has 1 heterocycles. The summed E-state index contributed by atoms with van der Waals surface area (Å²) in [5.74, 6) is 0.278. The molecular weight excluding hydrogens is 272 g/mol. The van der Waals surface area contributed by atoms with Gasteiger partial charge in [0.25, 0.3) is 0 Å². The number of amides is 1. The molecule has 0 aliphatic carbocycles. The van der Waals surface area contributed by atoms with Gasteiger partial charge in [-0.05, 0) is 32.8 Å². The van der Waals surface area contributed by atoms with E-state index in [1.54, 1.807) is 0 Å². The summed E-state index contributed by atoms with van der Waals surface area (Å²) in [6.07, 6.45) is 1.45. The molecule has 0 saturated carbocycles. The van der Waals surface area contributed by atoms with Crippen molar-refractivity contribution in [3.8, 4) is 0 Å². The lowest BCUT2D eigenvalue weighted by atomic mass is 10.1. The molecule has 1 saturated heterocycles. The van der Waals surface area contributed by atoms with E-state index in [9.17, 15) is 4.79 Å². The normalized spacial score (nSPS) is 22.2. The Hall–Kier alpha value is -1.06. The summed E-state index contributed by atoms with van der Waals surface area (Å²) in [4.78, 5) is 14.2. The molecule has 0 aromatic heterocycles. The Labute approximate surface area is 128 Å². The molecule has 20 heavy (non-hydrogen) atoms. The molecule has 2 unspecified atom stereocenters. The smallest absolute Gasteiger partial charge is 0.223 e. The minimum absolute atomic E-state index is 0. The van der Waals surface area contributed by atoms with Crippen molar-refractivity contribution in [3.05, 3.63) is 35.4 Å². The van der Waals surface area contributed by atoms with E-state index in [1.807, 2.05) is 4.90 Å². The Balaban J connectivity index is 0.00000200. The number of carbonyl (C=O) groups is 1. The molecule has 3 nitrogen and oxygen atoms in total. The Bertz CT molecular complexity index is 423. The van der Waals surface area contributed by atoms with Gasteiger partial charge in [0.05, 0.1) is 0 Å². The molecule has 1 amide bonds. The number of nitrogens with zero attached hydrogens (tertiary/aromatic N) is 1. The summed E-state index contributed by atoms with van der Waals surface area (Å²) < 4.78 is 0. The molecule has 1 aromatic rings. The van der Waals surface area contributed by atoms with Gasteiger partial charge in [0.15, 0.2) is 0 Å². The average molecular weight is 297 g/mol. The highest BCUT2D eigenvalue weighted by Crippen LogP contribution is 2.10. The minimum Gasteiger partial charge on any atom is -0.340 e. The van der Waals surface area contributed by atoms with Crippen LogP contribution in [0.25, 0.3) is 0 Å². The molecule has 1 aromatic carbocycles. The van der Waals surface area contributed by atoms with Gasteiger partial charge in [-0.25, -0.2) is 0 Å². The molecule has 2 atom stereocenters. The fourth-order valence-electron chi connectivity index (χ4n) is 2.69. The number of hydrogen-bond donors (Lipinski definition) is 1. The Morgan fingerprint density at radius 2 is 1.75 bits per heavy atom. The van der Waals surface area contributed by atoms with Gasteiger partial charge in [0.1, 0.15) is 0 Å². The van der Waals surface area contributed by atoms with Crippen molar-refractivity contribution in [3.63, 3.8) is 0 Å². The molecule has 4 heteroatoms. The summed E-state index contributed by atoms with van der Waals surface area (Å²) in [7, 11) is 0. The van der Waals surface area contributed by atoms with E-state index in [0.29, 0.717) is 18.5 Å². The van der Waals surface area contributed by atoms with Crippen LogP contribution in [-0.2, 0) is 11.2 Å². The largest absolute Gasteiger partial charge is 0.340 e. The van der Waals surface area contributed by atoms with E-state index in [4.69, 9.17) is 0 Å². The maximum absolute atomic E-state index is 12.2. The lowest BCUT2D eigenvalue weighted by molar-refractivity contribution is -0.132. The van der Waals surface area contributed by atoms with Gasteiger partial charge in [-0.2, -0.15) is 0 Å². The van der Waals surface area contributed by atoms with Crippen LogP contribution in [0.2, 0.25) is 0 Å². The first-order valence-electron chi connectivity index (χ1n) is 7.14. The second-order valence-corrected chi connectivity index (χ2v) is 5.75. The number of carbonyl (C=O) groups excluding carboxylic acids is 1. The van der Waals surface area contributed by atoms with E-state index in [1.165, 1.54) is 11.1 Å². The minimum atomic E-state index is 0. The number of benzene rings is 1. The lowest BCUT2D eigenvalue weighted by Gasteiger charge is -2.36. The second kappa shape index (κ2) is 7.65. The van der Waals surface area contributed by atoms with Gasteiger partial charge in [0, 0.05) is 31.6 Å². The number of piperazine rings is 1. The van der Waals surface area contributed by atoms with Crippen LogP contribution in [0.4, 0.5) is 0 Å². The van der Waals surface area contributed by atoms with Crippen molar-refractivity contribution in [2.24, 2.45) is 0 Å². The average Bonchev–Trinajstić information content (AvgIpc) is 2.36. The van der Waals surface area contributed by atoms with Crippen molar-refractivity contribution >= 4 is 18.3 Å². The third-order valence-corrected chi connectivity index (χ3v) is 3.66. The van der Waals surface area contributed by atoms with Crippen molar-refractivity contribution in [1.82, 2.24) is 10.2 Å². The Morgan fingerprint density at radius 1 is 1.20 bits per heavy atom. The maximum atomic E-state index is 12.2. The predicted octanol–water partition coefficient (Wildman–Crippen LogP) is 2.56. The molecule has 1 fully saturated rings. The Morgan fingerprint density at radius 3 is 2.30 bits per heavy atom. The number of hydrogen-bond acceptors (Lipinski definition) is 2. The highest BCUT2D eigenvalue weighted by molar-refractivity contribution is 5.85. The molecule has 1 aliphatic heterocycles. The van der Waals surface area contributed by atoms with Crippen molar-refractivity contribution < 1.29 is 4.79 Å². The first-order chi connectivity index (χ1) is 9.04. The van der Waals surface area contributed by atoms with E-state index < -0.39 is 0 Å². The first-order valence-corrected chi connectivity index (χ1v) is 7.14. The number of rotatable bonds is 3. The fourth-order valence-corrected chi connectivity index (χ4v) is 2.69. The number of halogens is 1. The third kappa shape index (κ3) is 4.80. The van der Waals surface area contributed by atoms with E-state index >= 15 is 0 Å². The third-order valence-electron chi connectivity index (χ3n) is 3.66. The monoisotopic (exact) mass is 296 g/mol. The lowest BCUT2D eigenvalue weighted by Crippen LogP contribution is -2.55. The van der Waals surface area contributed by atoms with Crippen molar-refractivity contribution in [2.45, 2.75) is 45.7 Å². The van der Waals surface area contributed by atoms with Crippen LogP contribution >= 0.6 is 12.4 Å². The molecular formula is C16H25ClN2O. The van der Waals surface area contributed by atoms with Gasteiger partial charge in [0.2, 0.25) is 5.91 Å². The first kappa shape index (κ1) is 17.0. The highest BCUT2D eigenvalue weighted by atomic mass is 35.5. The van der Waals surface area contributed by atoms with Crippen LogP contribution in [0.15, 0.2) is 24.3 Å². The van der Waals surface area contributed by atoms with Crippen molar-refractivity contribution in [1.29, 1.82) is 0 Å². The zero-order valence-corrected chi connectivity index (χ0v) is 13.4. The summed E-state index contributed by atoms with van der Waals surface area (Å²) in [6.45, 7) is 8.01. The standard InChI is InChI=1S/C16H24N2O.ClH/c1-12-4-6-15(7-5-12)8-9-16(19)18-10-13(2)17-14(3)11-18;/h4-7,13-14,17H,8-11H2,1-3H3;1H. The van der Waals surface area contributed by atoms with Crippen LogP contribution in [0.5, 0.6) is 0 Å². The quantitative estimate of drug-likeness (QED) is 0.930. The summed E-state index contributed by atoms with van der Waals surface area (Å²) in [5, 5.41) is 3.45. The van der Waals surface area contributed by atoms with E-state index in [0.717, 1.165) is 19.5 Å². The van der Waals surface area contributed by atoms with Crippen LogP contribution < -0.4 is 5.32 Å². The number of aryl methyl sites for hydroxylation is 2. The van der Waals surface area contributed by atoms with Gasteiger partial charge in [-0.3, -0.25) is 4.79 Å². The van der Waals surface area contributed by atoms with Gasteiger partial charge < -0.3 is 10.2 Å². The molecule has 1 N–H and O–H groups in total. The SMILES string of the molecule is Cc1ccc(CCC(=O)N2CC(C)NC(C)C2)cc1.Cl. The van der Waals surface area contributed by atoms with E-state index in [-0.39, 0.29) is 18.3 Å². The van der Waals surface area contributed by atoms with Gasteiger partial charge in [-0.1, -0.05) is 29.8 Å². The predicted molar refractivity (Wildman–Crippen MR) is 85.4 cm³/mol. The molecule has 0 spiro atoms. The molecule has 112 valence electrons. The van der Waals surface area contributed by atoms with Gasteiger partial charge >= 0.3 is 0 Å². The van der Waals surface area contributed by atoms with Gasteiger partial charge in [-0.15, -0.1) is 12.4 Å². The van der Waals surface area contributed by atoms with Crippen LogP contribution in [0.3, 0.4) is 0 Å². The maximum Gasteiger partial charge on any atom is 0.223 e. The topological polar surface area (TPSA) is 32.3 Å². The van der Waals surface area contributed by atoms with Crippen molar-refractivity contribution in [2.75, 3.05) is 13.1 Å². The molecule has 1 aliphatic rings. The molecule has 0 radical (unpaired) electrons. The van der Waals surface area contributed by atoms with Crippen LogP contribution in [0, 0.1) is 6.92 Å². The summed E-state index contributed by atoms with van der Waals surface area (Å²) >= 11 is 0. The van der Waals surface area contributed by atoms with Crippen LogP contribution in [0.1, 0.15) is 31.4 Å². The summed E-state index contributed by atoms with van der Waals surface area (Å²) in [6, 6.07) is 9.24. The molecule has 0 bridgehead atoms. The Kier molecular flexibility index (Phi) is 6.50. The summed E-state index contributed by atoms with van der Waals surface area (Å²) in [5.41, 5.74) is 2.51. The molecule has 2 rings (SSSR count). The number of nitrogens with one attached hydrogen (secondary N) is 1. The van der Waals surface area contributed by atoms with E-state index in [2.05, 4.69) is 50.4 Å². The second-order valence-electron chi connectivity index (χ2n) is 5.75. The fraction of sp³-hybridized carbons (Fsp3) is 0.562. The zero-order chi connectivity index (χ0) is 13.8. The zero-order valence-electron chi connectivity index (χ0n) is 12.6. The van der Waals surface area contributed by atoms with Crippen LogP contribution in [-0.4, -0.2) is 36.0 Å². The highest BCUT2D eigenvalue weighted by Gasteiger charge is 2.24.